The van der Waals surface area contributed by atoms with Gasteiger partial charge in [-0.3, -0.25) is 4.79 Å². The van der Waals surface area contributed by atoms with Crippen LogP contribution in [0.3, 0.4) is 0 Å². The Labute approximate surface area is 225 Å². The quantitative estimate of drug-likeness (QED) is 0.289. The lowest BCUT2D eigenvalue weighted by Crippen LogP contribution is -2.19. The Morgan fingerprint density at radius 3 is 2.24 bits per heavy atom. The second-order valence-electron chi connectivity index (χ2n) is 12.4. The first-order valence-corrected chi connectivity index (χ1v) is 15.5. The van der Waals surface area contributed by atoms with E-state index in [9.17, 15) is 4.79 Å². The van der Waals surface area contributed by atoms with Gasteiger partial charge in [0.15, 0.2) is 5.78 Å². The molecule has 0 radical (unpaired) electrons. The SMILES string of the molecule is CCCc1cc(CCC2CCCC2)ccc1C(=O)C[C@H]1CCc2cc(CCC3CCOCC3)ccc2C1. The van der Waals surface area contributed by atoms with Crippen molar-refractivity contribution < 1.29 is 9.53 Å². The van der Waals surface area contributed by atoms with Crippen LogP contribution in [0.4, 0.5) is 0 Å². The van der Waals surface area contributed by atoms with E-state index in [4.69, 9.17) is 4.74 Å². The third-order valence-electron chi connectivity index (χ3n) is 9.56. The van der Waals surface area contributed by atoms with E-state index in [1.807, 2.05) is 0 Å². The highest BCUT2D eigenvalue weighted by atomic mass is 16.5. The summed E-state index contributed by atoms with van der Waals surface area (Å²) in [4.78, 5) is 13.5. The summed E-state index contributed by atoms with van der Waals surface area (Å²) in [5.74, 6) is 2.60. The summed E-state index contributed by atoms with van der Waals surface area (Å²) in [5.41, 5.74) is 8.24. The first-order chi connectivity index (χ1) is 18.2. The molecule has 0 spiro atoms. The molecule has 2 fully saturated rings. The third-order valence-corrected chi connectivity index (χ3v) is 9.56. The molecule has 0 unspecified atom stereocenters. The van der Waals surface area contributed by atoms with Crippen LogP contribution in [0, 0.1) is 17.8 Å². The van der Waals surface area contributed by atoms with Crippen LogP contribution >= 0.6 is 0 Å². The molecule has 1 atom stereocenters. The van der Waals surface area contributed by atoms with E-state index in [2.05, 4.69) is 43.3 Å². The van der Waals surface area contributed by atoms with Crippen LogP contribution in [0.5, 0.6) is 0 Å². The van der Waals surface area contributed by atoms with Crippen molar-refractivity contribution in [3.8, 4) is 0 Å². The summed E-state index contributed by atoms with van der Waals surface area (Å²) in [7, 11) is 0. The van der Waals surface area contributed by atoms with Crippen LogP contribution in [0.15, 0.2) is 36.4 Å². The maximum absolute atomic E-state index is 13.5. The van der Waals surface area contributed by atoms with E-state index in [0.717, 1.165) is 62.7 Å². The molecule has 200 valence electrons. The molecule has 0 aromatic heterocycles. The number of hydrogen-bond acceptors (Lipinski definition) is 2. The number of carbonyl (C=O) groups excluding carboxylic acids is 1. The summed E-state index contributed by atoms with van der Waals surface area (Å²) in [6.45, 7) is 4.12. The van der Waals surface area contributed by atoms with Crippen LogP contribution in [-0.2, 0) is 36.8 Å². The molecule has 1 heterocycles. The highest BCUT2D eigenvalue weighted by Gasteiger charge is 2.24. The molecule has 0 bridgehead atoms. The Morgan fingerprint density at radius 1 is 0.784 bits per heavy atom. The molecular weight excluding hydrogens is 452 g/mol. The predicted octanol–water partition coefficient (Wildman–Crippen LogP) is 8.50. The Bertz CT molecular complexity index is 1030. The number of ether oxygens (including phenoxy) is 1. The first kappa shape index (κ1) is 26.7. The molecule has 1 saturated carbocycles. The largest absolute Gasteiger partial charge is 0.381 e. The van der Waals surface area contributed by atoms with Crippen molar-refractivity contribution in [2.45, 2.75) is 110 Å². The van der Waals surface area contributed by atoms with Gasteiger partial charge in [0.05, 0.1) is 0 Å². The minimum absolute atomic E-state index is 0.368. The fourth-order valence-corrected chi connectivity index (χ4v) is 7.21. The lowest BCUT2D eigenvalue weighted by atomic mass is 9.79. The van der Waals surface area contributed by atoms with Gasteiger partial charge in [-0.1, -0.05) is 75.4 Å². The van der Waals surface area contributed by atoms with E-state index in [-0.39, 0.29) is 0 Å². The van der Waals surface area contributed by atoms with Crippen molar-refractivity contribution in [1.29, 1.82) is 0 Å². The van der Waals surface area contributed by atoms with Crippen molar-refractivity contribution in [2.75, 3.05) is 13.2 Å². The number of benzene rings is 2. The molecule has 2 heteroatoms. The number of rotatable bonds is 11. The molecule has 2 aromatic carbocycles. The van der Waals surface area contributed by atoms with Gasteiger partial charge in [0.2, 0.25) is 0 Å². The predicted molar refractivity (Wildman–Crippen MR) is 153 cm³/mol. The maximum Gasteiger partial charge on any atom is 0.163 e. The number of fused-ring (bicyclic) bond motifs is 1. The first-order valence-electron chi connectivity index (χ1n) is 15.5. The monoisotopic (exact) mass is 500 g/mol. The van der Waals surface area contributed by atoms with E-state index >= 15 is 0 Å². The maximum atomic E-state index is 13.5. The molecule has 2 nitrogen and oxygen atoms in total. The van der Waals surface area contributed by atoms with Crippen molar-refractivity contribution in [1.82, 2.24) is 0 Å². The van der Waals surface area contributed by atoms with Crippen molar-refractivity contribution >= 4 is 5.78 Å². The topological polar surface area (TPSA) is 26.3 Å². The number of Topliss-reactive ketones (excluding diaryl/α,β-unsaturated/α-hetero) is 1. The fourth-order valence-electron chi connectivity index (χ4n) is 7.21. The van der Waals surface area contributed by atoms with Crippen molar-refractivity contribution in [2.24, 2.45) is 17.8 Å². The highest BCUT2D eigenvalue weighted by Crippen LogP contribution is 2.32. The van der Waals surface area contributed by atoms with E-state index < -0.39 is 0 Å². The Hall–Kier alpha value is -1.93. The Morgan fingerprint density at radius 2 is 1.49 bits per heavy atom. The molecular formula is C35H48O2. The zero-order chi connectivity index (χ0) is 25.5. The van der Waals surface area contributed by atoms with E-state index in [0.29, 0.717) is 18.1 Å². The number of hydrogen-bond donors (Lipinski definition) is 0. The summed E-state index contributed by atoms with van der Waals surface area (Å²) in [6.07, 6.45) is 19.2. The highest BCUT2D eigenvalue weighted by molar-refractivity contribution is 5.97. The molecule has 5 rings (SSSR count). The number of ketones is 1. The second-order valence-corrected chi connectivity index (χ2v) is 12.4. The van der Waals surface area contributed by atoms with Gasteiger partial charge in [-0.15, -0.1) is 0 Å². The van der Waals surface area contributed by atoms with E-state index in [1.54, 1.807) is 0 Å². The Kier molecular flexibility index (Phi) is 9.54. The summed E-state index contributed by atoms with van der Waals surface area (Å²) in [6, 6.07) is 14.0. The van der Waals surface area contributed by atoms with Crippen LogP contribution < -0.4 is 0 Å². The molecule has 3 aliphatic rings. The van der Waals surface area contributed by atoms with E-state index in [1.165, 1.54) is 92.0 Å². The second kappa shape index (κ2) is 13.2. The van der Waals surface area contributed by atoms with Gasteiger partial charge < -0.3 is 4.74 Å². The molecule has 2 aliphatic carbocycles. The minimum Gasteiger partial charge on any atom is -0.381 e. The molecule has 2 aromatic rings. The molecule has 0 amide bonds. The molecule has 1 aliphatic heterocycles. The van der Waals surface area contributed by atoms with Gasteiger partial charge in [0.1, 0.15) is 0 Å². The lowest BCUT2D eigenvalue weighted by molar-refractivity contribution is 0.0640. The van der Waals surface area contributed by atoms with Crippen LogP contribution in [0.2, 0.25) is 0 Å². The van der Waals surface area contributed by atoms with Crippen molar-refractivity contribution in [3.05, 3.63) is 69.8 Å². The fraction of sp³-hybridized carbons (Fsp3) is 0.629. The number of aryl methyl sites for hydroxylation is 4. The van der Waals surface area contributed by atoms with Gasteiger partial charge >= 0.3 is 0 Å². The average molecular weight is 501 g/mol. The van der Waals surface area contributed by atoms with Gasteiger partial charge in [0, 0.05) is 25.2 Å². The van der Waals surface area contributed by atoms with Gasteiger partial charge in [-0.25, -0.2) is 0 Å². The van der Waals surface area contributed by atoms with Gasteiger partial charge in [-0.05, 0) is 110 Å². The lowest BCUT2D eigenvalue weighted by Gasteiger charge is -2.26. The smallest absolute Gasteiger partial charge is 0.163 e. The number of carbonyl (C=O) groups is 1. The summed E-state index contributed by atoms with van der Waals surface area (Å²) in [5, 5.41) is 0. The molecule has 37 heavy (non-hydrogen) atoms. The van der Waals surface area contributed by atoms with Crippen molar-refractivity contribution in [3.63, 3.8) is 0 Å². The Balaban J connectivity index is 1.16. The zero-order valence-corrected chi connectivity index (χ0v) is 23.2. The zero-order valence-electron chi connectivity index (χ0n) is 23.2. The van der Waals surface area contributed by atoms with Crippen LogP contribution in [0.25, 0.3) is 0 Å². The molecule has 1 saturated heterocycles. The van der Waals surface area contributed by atoms with Crippen LogP contribution in [0.1, 0.15) is 116 Å². The minimum atomic E-state index is 0.368. The summed E-state index contributed by atoms with van der Waals surface area (Å²) < 4.78 is 5.52. The normalized spacial score (nSPS) is 20.7. The van der Waals surface area contributed by atoms with Gasteiger partial charge in [-0.2, -0.15) is 0 Å². The summed E-state index contributed by atoms with van der Waals surface area (Å²) >= 11 is 0. The third kappa shape index (κ3) is 7.34. The van der Waals surface area contributed by atoms with Gasteiger partial charge in [0.25, 0.3) is 0 Å². The average Bonchev–Trinajstić information content (AvgIpc) is 3.45. The standard InChI is InChI=1S/C35H48O2/c1-2-5-33-23-29(10-8-26-6-3-4-7-26)14-17-34(33)35(36)25-30-13-16-31-22-28(12-15-32(31)24-30)11-9-27-18-20-37-21-19-27/h12,14-15,17,22-23,26-27,30H,2-11,13,16,18-21,24-25H2,1H3/t30-/m0/s1. The van der Waals surface area contributed by atoms with Crippen LogP contribution in [-0.4, -0.2) is 19.0 Å². The molecule has 0 N–H and O–H groups in total.